The van der Waals surface area contributed by atoms with Crippen molar-refractivity contribution in [3.05, 3.63) is 58.6 Å². The molecule has 0 bridgehead atoms. The van der Waals surface area contributed by atoms with Gasteiger partial charge in [-0.2, -0.15) is 0 Å². The average molecular weight is 289 g/mol. The molecule has 1 aliphatic rings. The summed E-state index contributed by atoms with van der Waals surface area (Å²) in [4.78, 5) is 0. The van der Waals surface area contributed by atoms with E-state index in [0.29, 0.717) is 6.04 Å². The summed E-state index contributed by atoms with van der Waals surface area (Å²) >= 11 is 3.48. The van der Waals surface area contributed by atoms with Crippen LogP contribution in [-0.2, 0) is 0 Å². The lowest BCUT2D eigenvalue weighted by Gasteiger charge is -2.28. The molecule has 1 atom stereocenters. The fraction of sp³-hybridized carbons (Fsp3) is 0.143. The highest BCUT2D eigenvalue weighted by Gasteiger charge is 2.18. The molecule has 0 spiro atoms. The molecule has 0 amide bonds. The van der Waals surface area contributed by atoms with Crippen LogP contribution < -0.4 is 10.6 Å². The maximum atomic E-state index is 3.56. The molecule has 2 N–H and O–H groups in total. The molecule has 1 aliphatic heterocycles. The Balaban J connectivity index is 1.88. The Labute approximate surface area is 109 Å². The molecule has 3 heteroatoms. The normalized spacial score (nSPS) is 17.8. The van der Waals surface area contributed by atoms with Gasteiger partial charge in [-0.1, -0.05) is 46.3 Å². The van der Waals surface area contributed by atoms with Crippen LogP contribution in [0.25, 0.3) is 0 Å². The Morgan fingerprint density at radius 1 is 1.00 bits per heavy atom. The number of rotatable bonds is 1. The van der Waals surface area contributed by atoms with Crippen LogP contribution in [0.2, 0.25) is 0 Å². The minimum Gasteiger partial charge on any atom is -0.381 e. The van der Waals surface area contributed by atoms with E-state index in [9.17, 15) is 0 Å². The van der Waals surface area contributed by atoms with Crippen molar-refractivity contribution in [3.8, 4) is 0 Å². The largest absolute Gasteiger partial charge is 0.381 e. The minimum atomic E-state index is 0.338. The summed E-state index contributed by atoms with van der Waals surface area (Å²) in [5.74, 6) is 0. The summed E-state index contributed by atoms with van der Waals surface area (Å²) in [5, 5.41) is 7.02. The molecule has 0 aliphatic carbocycles. The summed E-state index contributed by atoms with van der Waals surface area (Å²) in [6, 6.07) is 17.1. The van der Waals surface area contributed by atoms with Gasteiger partial charge in [-0.15, -0.1) is 0 Å². The van der Waals surface area contributed by atoms with E-state index in [1.807, 2.05) is 6.07 Å². The zero-order valence-corrected chi connectivity index (χ0v) is 10.9. The Morgan fingerprint density at radius 3 is 2.65 bits per heavy atom. The van der Waals surface area contributed by atoms with Gasteiger partial charge in [0.1, 0.15) is 0 Å². The van der Waals surface area contributed by atoms with Gasteiger partial charge < -0.3 is 10.6 Å². The molecule has 2 aromatic carbocycles. The number of anilines is 2. The third-order valence-corrected chi connectivity index (χ3v) is 3.50. The average Bonchev–Trinajstić information content (AvgIpc) is 2.39. The van der Waals surface area contributed by atoms with E-state index < -0.39 is 0 Å². The monoisotopic (exact) mass is 288 g/mol. The Kier molecular flexibility index (Phi) is 2.77. The molecule has 86 valence electrons. The number of halogens is 1. The van der Waals surface area contributed by atoms with Crippen molar-refractivity contribution in [1.82, 2.24) is 0 Å². The number of fused-ring (bicyclic) bond motifs is 1. The summed E-state index contributed by atoms with van der Waals surface area (Å²) < 4.78 is 1.10. The van der Waals surface area contributed by atoms with E-state index in [1.54, 1.807) is 0 Å². The maximum Gasteiger partial charge on any atom is 0.0687 e. The van der Waals surface area contributed by atoms with Crippen molar-refractivity contribution in [2.75, 3.05) is 17.2 Å². The molecule has 0 fully saturated rings. The molecule has 0 saturated carbocycles. The quantitative estimate of drug-likeness (QED) is 0.828. The van der Waals surface area contributed by atoms with Gasteiger partial charge in [-0.3, -0.25) is 0 Å². The van der Waals surface area contributed by atoms with Gasteiger partial charge in [0.05, 0.1) is 17.4 Å². The highest BCUT2D eigenvalue weighted by molar-refractivity contribution is 9.10. The molecule has 0 aromatic heterocycles. The van der Waals surface area contributed by atoms with Gasteiger partial charge in [-0.05, 0) is 23.8 Å². The third kappa shape index (κ3) is 2.15. The van der Waals surface area contributed by atoms with E-state index in [2.05, 4.69) is 69.0 Å². The third-order valence-electron chi connectivity index (χ3n) is 3.01. The van der Waals surface area contributed by atoms with Crippen molar-refractivity contribution in [1.29, 1.82) is 0 Å². The molecule has 3 rings (SSSR count). The minimum absolute atomic E-state index is 0.338. The molecule has 0 radical (unpaired) electrons. The van der Waals surface area contributed by atoms with E-state index in [0.717, 1.165) is 22.4 Å². The first-order valence-corrected chi connectivity index (χ1v) is 6.47. The molecule has 2 aromatic rings. The molecule has 17 heavy (non-hydrogen) atoms. The van der Waals surface area contributed by atoms with Crippen molar-refractivity contribution in [2.45, 2.75) is 6.04 Å². The maximum absolute atomic E-state index is 3.56. The second-order valence-electron chi connectivity index (χ2n) is 4.18. The second kappa shape index (κ2) is 4.41. The van der Waals surface area contributed by atoms with Gasteiger partial charge in [0.2, 0.25) is 0 Å². The van der Waals surface area contributed by atoms with E-state index in [1.165, 1.54) is 5.56 Å². The fourth-order valence-corrected chi connectivity index (χ4v) is 2.49. The van der Waals surface area contributed by atoms with Crippen molar-refractivity contribution >= 4 is 27.3 Å². The van der Waals surface area contributed by atoms with Crippen LogP contribution in [0.5, 0.6) is 0 Å². The SMILES string of the molecule is Brc1ccc2c(c1)NCC(c1ccccc1)N2. The van der Waals surface area contributed by atoms with E-state index in [-0.39, 0.29) is 0 Å². The van der Waals surface area contributed by atoms with Crippen LogP contribution in [0.15, 0.2) is 53.0 Å². The summed E-state index contributed by atoms with van der Waals surface area (Å²) in [6.45, 7) is 0.910. The lowest BCUT2D eigenvalue weighted by molar-refractivity contribution is 0.803. The Morgan fingerprint density at radius 2 is 1.82 bits per heavy atom. The predicted molar refractivity (Wildman–Crippen MR) is 75.4 cm³/mol. The van der Waals surface area contributed by atoms with Crippen LogP contribution in [0.1, 0.15) is 11.6 Å². The number of hydrogen-bond donors (Lipinski definition) is 2. The highest BCUT2D eigenvalue weighted by Crippen LogP contribution is 2.33. The summed E-state index contributed by atoms with van der Waals surface area (Å²) in [5.41, 5.74) is 3.63. The van der Waals surface area contributed by atoms with Crippen LogP contribution in [0, 0.1) is 0 Å². The molecule has 0 saturated heterocycles. The molecular formula is C14H13BrN2. The standard InChI is InChI=1S/C14H13BrN2/c15-11-6-7-12-13(8-11)16-9-14(17-12)10-4-2-1-3-5-10/h1-8,14,16-17H,9H2. The highest BCUT2D eigenvalue weighted by atomic mass is 79.9. The van der Waals surface area contributed by atoms with E-state index >= 15 is 0 Å². The van der Waals surface area contributed by atoms with E-state index in [4.69, 9.17) is 0 Å². The first kappa shape index (κ1) is 10.7. The van der Waals surface area contributed by atoms with Crippen LogP contribution >= 0.6 is 15.9 Å². The zero-order valence-electron chi connectivity index (χ0n) is 9.28. The lowest BCUT2D eigenvalue weighted by Crippen LogP contribution is -2.25. The van der Waals surface area contributed by atoms with Crippen LogP contribution in [-0.4, -0.2) is 6.54 Å². The number of benzene rings is 2. The van der Waals surface area contributed by atoms with Crippen molar-refractivity contribution in [3.63, 3.8) is 0 Å². The second-order valence-corrected chi connectivity index (χ2v) is 5.09. The van der Waals surface area contributed by atoms with Gasteiger partial charge in [0.15, 0.2) is 0 Å². The molecule has 2 nitrogen and oxygen atoms in total. The summed E-state index contributed by atoms with van der Waals surface area (Å²) in [6.07, 6.45) is 0. The summed E-state index contributed by atoms with van der Waals surface area (Å²) in [7, 11) is 0. The van der Waals surface area contributed by atoms with Gasteiger partial charge >= 0.3 is 0 Å². The number of nitrogens with one attached hydrogen (secondary N) is 2. The predicted octanol–water partition coefficient (Wildman–Crippen LogP) is 4.03. The van der Waals surface area contributed by atoms with Crippen LogP contribution in [0.3, 0.4) is 0 Å². The van der Waals surface area contributed by atoms with Crippen molar-refractivity contribution < 1.29 is 0 Å². The van der Waals surface area contributed by atoms with Crippen molar-refractivity contribution in [2.24, 2.45) is 0 Å². The first-order chi connectivity index (χ1) is 8.33. The number of hydrogen-bond acceptors (Lipinski definition) is 2. The molecule has 1 unspecified atom stereocenters. The topological polar surface area (TPSA) is 24.1 Å². The lowest BCUT2D eigenvalue weighted by atomic mass is 10.0. The fourth-order valence-electron chi connectivity index (χ4n) is 2.13. The molecule has 1 heterocycles. The first-order valence-electron chi connectivity index (χ1n) is 5.68. The van der Waals surface area contributed by atoms with Gasteiger partial charge in [-0.25, -0.2) is 0 Å². The van der Waals surface area contributed by atoms with Gasteiger partial charge in [0, 0.05) is 11.0 Å². The van der Waals surface area contributed by atoms with Crippen LogP contribution in [0.4, 0.5) is 11.4 Å². The Bertz CT molecular complexity index is 525. The molecular weight excluding hydrogens is 276 g/mol. The van der Waals surface area contributed by atoms with Gasteiger partial charge in [0.25, 0.3) is 0 Å². The Hall–Kier alpha value is -1.48. The zero-order chi connectivity index (χ0) is 11.7. The smallest absolute Gasteiger partial charge is 0.0687 e.